The molecule has 0 bridgehead atoms. The predicted octanol–water partition coefficient (Wildman–Crippen LogP) is 3.54. The molecule has 3 heteroatoms. The maximum absolute atomic E-state index is 12.9. The average Bonchev–Trinajstić information content (AvgIpc) is 2.97. The van der Waals surface area contributed by atoms with Crippen molar-refractivity contribution in [1.82, 2.24) is 10.2 Å². The van der Waals surface area contributed by atoms with Crippen LogP contribution in [0.3, 0.4) is 0 Å². The van der Waals surface area contributed by atoms with Crippen LogP contribution < -0.4 is 5.32 Å². The Bertz CT molecular complexity index is 349. The van der Waals surface area contributed by atoms with Crippen LogP contribution in [-0.4, -0.2) is 28.6 Å². The smallest absolute Gasteiger partial charge is 0.244 e. The molecule has 2 aliphatic rings. The molecular weight excluding hydrogens is 248 g/mol. The molecule has 1 saturated heterocycles. The summed E-state index contributed by atoms with van der Waals surface area (Å²) >= 11 is 0. The third-order valence-corrected chi connectivity index (χ3v) is 5.31. The minimum atomic E-state index is -0.349. The molecule has 0 radical (unpaired) electrons. The summed E-state index contributed by atoms with van der Waals surface area (Å²) in [4.78, 5) is 15.1. The minimum absolute atomic E-state index is 0.267. The Morgan fingerprint density at radius 3 is 2.40 bits per heavy atom. The van der Waals surface area contributed by atoms with Crippen molar-refractivity contribution in [2.24, 2.45) is 11.8 Å². The molecule has 0 aromatic heterocycles. The van der Waals surface area contributed by atoms with Crippen molar-refractivity contribution in [3.8, 4) is 0 Å². The Morgan fingerprint density at radius 2 is 1.90 bits per heavy atom. The van der Waals surface area contributed by atoms with E-state index in [-0.39, 0.29) is 11.7 Å². The van der Waals surface area contributed by atoms with Crippen LogP contribution in [0.2, 0.25) is 0 Å². The Hall–Kier alpha value is -0.570. The monoisotopic (exact) mass is 280 g/mol. The quantitative estimate of drug-likeness (QED) is 0.835. The number of nitrogens with zero attached hydrogens (tertiary/aromatic N) is 1. The number of hydrogen-bond acceptors (Lipinski definition) is 2. The molecule has 20 heavy (non-hydrogen) atoms. The molecule has 1 saturated carbocycles. The highest BCUT2D eigenvalue weighted by Gasteiger charge is 2.50. The summed E-state index contributed by atoms with van der Waals surface area (Å²) in [5, 5.41) is 3.69. The average molecular weight is 280 g/mol. The Morgan fingerprint density at radius 1 is 1.30 bits per heavy atom. The molecule has 0 aromatic carbocycles. The van der Waals surface area contributed by atoms with Gasteiger partial charge in [-0.15, -0.1) is 0 Å². The maximum Gasteiger partial charge on any atom is 0.244 e. The van der Waals surface area contributed by atoms with Crippen LogP contribution in [0.5, 0.6) is 0 Å². The van der Waals surface area contributed by atoms with Gasteiger partial charge in [0.2, 0.25) is 5.91 Å². The van der Waals surface area contributed by atoms with E-state index in [4.69, 9.17) is 0 Å². The number of carbonyl (C=O) groups is 1. The SMILES string of the molecule is CCC1(C)NC(C2CCCC2)N(C(C)CC(C)C)C1=O. The lowest BCUT2D eigenvalue weighted by molar-refractivity contribution is -0.135. The highest BCUT2D eigenvalue weighted by Crippen LogP contribution is 2.37. The van der Waals surface area contributed by atoms with Crippen molar-refractivity contribution in [2.45, 2.75) is 90.9 Å². The van der Waals surface area contributed by atoms with Crippen molar-refractivity contribution in [3.05, 3.63) is 0 Å². The lowest BCUT2D eigenvalue weighted by atomic mass is 9.98. The third-order valence-electron chi connectivity index (χ3n) is 5.31. The van der Waals surface area contributed by atoms with Crippen LogP contribution in [0.4, 0.5) is 0 Å². The first-order chi connectivity index (χ1) is 9.39. The van der Waals surface area contributed by atoms with Gasteiger partial charge in [0.1, 0.15) is 0 Å². The van der Waals surface area contributed by atoms with E-state index in [0.29, 0.717) is 23.8 Å². The first kappa shape index (κ1) is 15.8. The van der Waals surface area contributed by atoms with Crippen molar-refractivity contribution < 1.29 is 4.79 Å². The summed E-state index contributed by atoms with van der Waals surface area (Å²) in [7, 11) is 0. The fourth-order valence-electron chi connectivity index (χ4n) is 4.01. The second-order valence-corrected chi connectivity index (χ2v) is 7.51. The number of carbonyl (C=O) groups excluding carboxylic acids is 1. The third kappa shape index (κ3) is 2.88. The molecule has 0 spiro atoms. The molecular formula is C17H32N2O. The van der Waals surface area contributed by atoms with E-state index < -0.39 is 0 Å². The van der Waals surface area contributed by atoms with Crippen LogP contribution in [0.15, 0.2) is 0 Å². The Kier molecular flexibility index (Phi) is 4.78. The van der Waals surface area contributed by atoms with Gasteiger partial charge in [0, 0.05) is 6.04 Å². The standard InChI is InChI=1S/C17H32N2O/c1-6-17(5)16(20)19(13(4)11-12(2)3)15(18-17)14-9-7-8-10-14/h12-15,18H,6-11H2,1-5H3. The van der Waals surface area contributed by atoms with E-state index in [9.17, 15) is 4.79 Å². The summed E-state index contributed by atoms with van der Waals surface area (Å²) in [6.45, 7) is 10.9. The maximum atomic E-state index is 12.9. The topological polar surface area (TPSA) is 32.3 Å². The minimum Gasteiger partial charge on any atom is -0.323 e. The van der Waals surface area contributed by atoms with E-state index in [1.165, 1.54) is 25.7 Å². The molecule has 1 N–H and O–H groups in total. The molecule has 2 fully saturated rings. The molecule has 1 heterocycles. The van der Waals surface area contributed by atoms with Crippen LogP contribution >= 0.6 is 0 Å². The first-order valence-corrected chi connectivity index (χ1v) is 8.49. The van der Waals surface area contributed by atoms with Crippen LogP contribution in [0, 0.1) is 11.8 Å². The van der Waals surface area contributed by atoms with Gasteiger partial charge in [0.15, 0.2) is 0 Å². The van der Waals surface area contributed by atoms with E-state index in [1.54, 1.807) is 0 Å². The zero-order chi connectivity index (χ0) is 14.9. The van der Waals surface area contributed by atoms with Gasteiger partial charge in [-0.05, 0) is 51.4 Å². The normalized spacial score (nSPS) is 33.4. The second-order valence-electron chi connectivity index (χ2n) is 7.51. The fourth-order valence-corrected chi connectivity index (χ4v) is 4.01. The summed E-state index contributed by atoms with van der Waals surface area (Å²) in [5.74, 6) is 1.61. The molecule has 3 atom stereocenters. The number of rotatable bonds is 5. The summed E-state index contributed by atoms with van der Waals surface area (Å²) in [6.07, 6.45) is 7.43. The summed E-state index contributed by atoms with van der Waals surface area (Å²) in [5.41, 5.74) is -0.349. The van der Waals surface area contributed by atoms with Crippen LogP contribution in [0.1, 0.15) is 73.1 Å². The van der Waals surface area contributed by atoms with Gasteiger partial charge in [0.25, 0.3) is 0 Å². The van der Waals surface area contributed by atoms with Crippen molar-refractivity contribution in [1.29, 1.82) is 0 Å². The molecule has 1 aliphatic carbocycles. The van der Waals surface area contributed by atoms with Gasteiger partial charge in [-0.3, -0.25) is 10.1 Å². The zero-order valence-corrected chi connectivity index (χ0v) is 13.9. The number of hydrogen-bond donors (Lipinski definition) is 1. The van der Waals surface area contributed by atoms with E-state index in [0.717, 1.165) is 12.8 Å². The van der Waals surface area contributed by atoms with Gasteiger partial charge in [-0.25, -0.2) is 0 Å². The lowest BCUT2D eigenvalue weighted by Gasteiger charge is -2.34. The first-order valence-electron chi connectivity index (χ1n) is 8.49. The molecule has 116 valence electrons. The number of nitrogens with one attached hydrogen (secondary N) is 1. The van der Waals surface area contributed by atoms with Crippen molar-refractivity contribution >= 4 is 5.91 Å². The highest BCUT2D eigenvalue weighted by atomic mass is 16.2. The van der Waals surface area contributed by atoms with Gasteiger partial charge < -0.3 is 4.90 Å². The summed E-state index contributed by atoms with van der Waals surface area (Å²) in [6, 6.07) is 0.342. The molecule has 2 rings (SSSR count). The van der Waals surface area contributed by atoms with E-state index in [2.05, 4.69) is 44.8 Å². The lowest BCUT2D eigenvalue weighted by Crippen LogP contribution is -2.47. The second kappa shape index (κ2) is 6.05. The fraction of sp³-hybridized carbons (Fsp3) is 0.941. The summed E-state index contributed by atoms with van der Waals surface area (Å²) < 4.78 is 0. The van der Waals surface area contributed by atoms with Gasteiger partial charge in [-0.2, -0.15) is 0 Å². The van der Waals surface area contributed by atoms with Gasteiger partial charge in [0.05, 0.1) is 11.7 Å². The molecule has 1 amide bonds. The van der Waals surface area contributed by atoms with E-state index in [1.807, 2.05) is 0 Å². The predicted molar refractivity (Wildman–Crippen MR) is 83.3 cm³/mol. The zero-order valence-electron chi connectivity index (χ0n) is 13.9. The molecule has 1 aliphatic heterocycles. The van der Waals surface area contributed by atoms with Crippen LogP contribution in [-0.2, 0) is 4.79 Å². The Labute approximate surface area is 124 Å². The molecule has 3 nitrogen and oxygen atoms in total. The molecule has 3 unspecified atom stereocenters. The van der Waals surface area contributed by atoms with Crippen molar-refractivity contribution in [2.75, 3.05) is 0 Å². The van der Waals surface area contributed by atoms with Gasteiger partial charge >= 0.3 is 0 Å². The molecule has 0 aromatic rings. The van der Waals surface area contributed by atoms with Crippen LogP contribution in [0.25, 0.3) is 0 Å². The highest BCUT2D eigenvalue weighted by molar-refractivity contribution is 5.88. The Balaban J connectivity index is 2.20. The van der Waals surface area contributed by atoms with Gasteiger partial charge in [-0.1, -0.05) is 33.6 Å². The number of amides is 1. The van der Waals surface area contributed by atoms with Crippen molar-refractivity contribution in [3.63, 3.8) is 0 Å². The largest absolute Gasteiger partial charge is 0.323 e. The van der Waals surface area contributed by atoms with E-state index >= 15 is 0 Å².